The normalized spacial score (nSPS) is 11.7. The molecule has 27 heavy (non-hydrogen) atoms. The van der Waals surface area contributed by atoms with E-state index < -0.39 is 21.8 Å². The highest BCUT2D eigenvalue weighted by Gasteiger charge is 2.26. The number of hydrogen-bond acceptors (Lipinski definition) is 8. The summed E-state index contributed by atoms with van der Waals surface area (Å²) in [6.45, 7) is 1.51. The topological polar surface area (TPSA) is 146 Å². The molecule has 3 aromatic rings. The fourth-order valence-corrected chi connectivity index (χ4v) is 2.90. The predicted octanol–water partition coefficient (Wildman–Crippen LogP) is 3.02. The number of nitrogens with one attached hydrogen (secondary N) is 1. The number of thiazole rings is 1. The van der Waals surface area contributed by atoms with Crippen LogP contribution in [-0.2, 0) is 4.79 Å². The fourth-order valence-electron chi connectivity index (χ4n) is 2.27. The zero-order chi connectivity index (χ0) is 19.6. The van der Waals surface area contributed by atoms with Crippen molar-refractivity contribution in [1.82, 2.24) is 14.8 Å². The van der Waals surface area contributed by atoms with Gasteiger partial charge in [-0.1, -0.05) is 6.07 Å². The lowest BCUT2D eigenvalue weighted by atomic mass is 10.2. The van der Waals surface area contributed by atoms with E-state index in [2.05, 4.69) is 15.4 Å². The highest BCUT2D eigenvalue weighted by molar-refractivity contribution is 7.13. The summed E-state index contributed by atoms with van der Waals surface area (Å²) in [6.07, 6.45) is 2.66. The van der Waals surface area contributed by atoms with E-state index in [1.54, 1.807) is 5.38 Å². The first-order valence-electron chi connectivity index (χ1n) is 7.55. The van der Waals surface area contributed by atoms with Crippen molar-refractivity contribution in [2.75, 3.05) is 5.32 Å². The van der Waals surface area contributed by atoms with Crippen LogP contribution in [0.3, 0.4) is 0 Å². The average Bonchev–Trinajstić information content (AvgIpc) is 3.30. The number of nitro benzene ring substituents is 1. The average molecular weight is 388 g/mol. The van der Waals surface area contributed by atoms with E-state index in [9.17, 15) is 25.0 Å². The van der Waals surface area contributed by atoms with Crippen LogP contribution in [0.1, 0.15) is 13.0 Å². The zero-order valence-electron chi connectivity index (χ0n) is 13.8. The number of carbonyl (C=O) groups is 1. The van der Waals surface area contributed by atoms with Crippen molar-refractivity contribution in [3.05, 3.63) is 62.3 Å². The maximum absolute atomic E-state index is 12.4. The molecule has 3 rings (SSSR count). The highest BCUT2D eigenvalue weighted by Crippen LogP contribution is 2.31. The highest BCUT2D eigenvalue weighted by atomic mass is 32.1. The molecule has 0 radical (unpaired) electrons. The third-order valence-electron chi connectivity index (χ3n) is 3.65. The van der Waals surface area contributed by atoms with Crippen LogP contribution in [0.4, 0.5) is 17.1 Å². The van der Waals surface area contributed by atoms with Crippen LogP contribution in [0.5, 0.6) is 0 Å². The summed E-state index contributed by atoms with van der Waals surface area (Å²) in [5.74, 6) is -0.529. The molecule has 0 aliphatic carbocycles. The van der Waals surface area contributed by atoms with Crippen molar-refractivity contribution in [2.45, 2.75) is 13.0 Å². The summed E-state index contributed by atoms with van der Waals surface area (Å²) in [6, 6.07) is 4.58. The number of nitrogens with zero attached hydrogens (tertiary/aromatic N) is 5. The maximum atomic E-state index is 12.4. The van der Waals surface area contributed by atoms with Gasteiger partial charge in [-0.15, -0.1) is 11.3 Å². The van der Waals surface area contributed by atoms with Crippen molar-refractivity contribution in [1.29, 1.82) is 0 Å². The molecular formula is C15H12N6O5S. The first-order chi connectivity index (χ1) is 12.9. The Morgan fingerprint density at radius 2 is 2.07 bits per heavy atom. The Labute approximate surface area is 155 Å². The standard InChI is InChI=1S/C15H12N6O5S/c1-9(14(22)17-10-3-2-4-11(7-10)20(23)24)19-8-12(21(25)26)13(18-19)15-16-5-6-27-15/h2-9H,1H3,(H,17,22)/t9-/m1/s1. The summed E-state index contributed by atoms with van der Waals surface area (Å²) in [7, 11) is 0. The van der Waals surface area contributed by atoms with Crippen LogP contribution in [0.2, 0.25) is 0 Å². The third kappa shape index (κ3) is 3.79. The number of hydrogen-bond donors (Lipinski definition) is 1. The molecule has 2 aromatic heterocycles. The first-order valence-corrected chi connectivity index (χ1v) is 8.43. The van der Waals surface area contributed by atoms with E-state index in [0.717, 1.165) is 6.20 Å². The molecule has 0 unspecified atom stereocenters. The molecular weight excluding hydrogens is 376 g/mol. The molecule has 0 aliphatic rings. The van der Waals surface area contributed by atoms with Gasteiger partial charge in [0.1, 0.15) is 12.2 Å². The van der Waals surface area contributed by atoms with E-state index >= 15 is 0 Å². The van der Waals surface area contributed by atoms with Gasteiger partial charge < -0.3 is 5.32 Å². The zero-order valence-corrected chi connectivity index (χ0v) is 14.6. The fraction of sp³-hybridized carbons (Fsp3) is 0.133. The first kappa shape index (κ1) is 18.1. The number of carbonyl (C=O) groups excluding carboxylic acids is 1. The second-order valence-corrected chi connectivity index (χ2v) is 6.30. The summed E-state index contributed by atoms with van der Waals surface area (Å²) in [5, 5.41) is 30.8. The van der Waals surface area contributed by atoms with E-state index in [1.165, 1.54) is 53.4 Å². The Hall–Kier alpha value is -3.67. The van der Waals surface area contributed by atoms with Gasteiger partial charge in [0, 0.05) is 29.4 Å². The van der Waals surface area contributed by atoms with Crippen LogP contribution in [0.25, 0.3) is 10.7 Å². The monoisotopic (exact) mass is 388 g/mol. The minimum Gasteiger partial charge on any atom is -0.324 e. The molecule has 11 nitrogen and oxygen atoms in total. The van der Waals surface area contributed by atoms with Crippen molar-refractivity contribution < 1.29 is 14.6 Å². The second kappa shape index (κ2) is 7.29. The van der Waals surface area contributed by atoms with Gasteiger partial charge in [-0.05, 0) is 13.0 Å². The summed E-state index contributed by atoms with van der Waals surface area (Å²) in [4.78, 5) is 37.4. The van der Waals surface area contributed by atoms with Gasteiger partial charge in [0.25, 0.3) is 5.69 Å². The van der Waals surface area contributed by atoms with Crippen molar-refractivity contribution in [2.24, 2.45) is 0 Å². The Bertz CT molecular complexity index is 1020. The third-order valence-corrected chi connectivity index (χ3v) is 4.42. The summed E-state index contributed by atoms with van der Waals surface area (Å²) < 4.78 is 1.17. The van der Waals surface area contributed by atoms with Crippen molar-refractivity contribution in [3.63, 3.8) is 0 Å². The van der Waals surface area contributed by atoms with E-state index in [1.807, 2.05) is 0 Å². The molecule has 0 fully saturated rings. The van der Waals surface area contributed by atoms with Crippen molar-refractivity contribution >= 4 is 34.3 Å². The van der Waals surface area contributed by atoms with Crippen LogP contribution in [0, 0.1) is 20.2 Å². The maximum Gasteiger partial charge on any atom is 0.317 e. The molecule has 0 saturated carbocycles. The Morgan fingerprint density at radius 1 is 1.30 bits per heavy atom. The van der Waals surface area contributed by atoms with Gasteiger partial charge >= 0.3 is 5.69 Å². The van der Waals surface area contributed by atoms with Crippen LogP contribution >= 0.6 is 11.3 Å². The number of amides is 1. The quantitative estimate of drug-likeness (QED) is 0.504. The number of rotatable bonds is 6. The number of nitro groups is 2. The molecule has 1 atom stereocenters. The minimum atomic E-state index is -0.892. The number of aromatic nitrogens is 3. The van der Waals surface area contributed by atoms with Crippen molar-refractivity contribution in [3.8, 4) is 10.7 Å². The van der Waals surface area contributed by atoms with Crippen LogP contribution in [-0.4, -0.2) is 30.5 Å². The molecule has 0 spiro atoms. The van der Waals surface area contributed by atoms with E-state index in [0.29, 0.717) is 5.01 Å². The largest absolute Gasteiger partial charge is 0.324 e. The molecule has 12 heteroatoms. The molecule has 1 aromatic carbocycles. The molecule has 0 bridgehead atoms. The SMILES string of the molecule is C[C@H](C(=O)Nc1cccc([N+](=O)[O-])c1)n1cc([N+](=O)[O-])c(-c2nccs2)n1. The predicted molar refractivity (Wildman–Crippen MR) is 96.4 cm³/mol. The van der Waals surface area contributed by atoms with Gasteiger partial charge in [0.15, 0.2) is 10.7 Å². The smallest absolute Gasteiger partial charge is 0.317 e. The molecule has 138 valence electrons. The lowest BCUT2D eigenvalue weighted by molar-refractivity contribution is -0.384. The van der Waals surface area contributed by atoms with Gasteiger partial charge in [-0.2, -0.15) is 5.10 Å². The second-order valence-electron chi connectivity index (χ2n) is 5.41. The lowest BCUT2D eigenvalue weighted by Crippen LogP contribution is -2.24. The van der Waals surface area contributed by atoms with Crippen LogP contribution in [0.15, 0.2) is 42.0 Å². The Kier molecular flexibility index (Phi) is 4.90. The van der Waals surface area contributed by atoms with Gasteiger partial charge in [0.2, 0.25) is 5.91 Å². The Morgan fingerprint density at radius 3 is 2.70 bits per heavy atom. The van der Waals surface area contributed by atoms with E-state index in [4.69, 9.17) is 0 Å². The lowest BCUT2D eigenvalue weighted by Gasteiger charge is -2.12. The van der Waals surface area contributed by atoms with E-state index in [-0.39, 0.29) is 22.8 Å². The van der Waals surface area contributed by atoms with Gasteiger partial charge in [-0.3, -0.25) is 29.7 Å². The minimum absolute atomic E-state index is 0.0741. The number of benzene rings is 1. The molecule has 2 heterocycles. The number of non-ortho nitro benzene ring substituents is 1. The summed E-state index contributed by atoms with van der Waals surface area (Å²) in [5.41, 5.74) is -0.117. The molecule has 1 N–H and O–H groups in total. The van der Waals surface area contributed by atoms with Gasteiger partial charge in [0.05, 0.1) is 9.85 Å². The van der Waals surface area contributed by atoms with Gasteiger partial charge in [-0.25, -0.2) is 4.98 Å². The summed E-state index contributed by atoms with van der Waals surface area (Å²) >= 11 is 1.19. The molecule has 0 saturated heterocycles. The number of anilines is 1. The molecule has 1 amide bonds. The Balaban J connectivity index is 1.85. The molecule has 0 aliphatic heterocycles. The van der Waals surface area contributed by atoms with Crippen LogP contribution < -0.4 is 5.32 Å².